The molecule has 1 amide bonds. The van der Waals surface area contributed by atoms with Gasteiger partial charge in [0.15, 0.2) is 0 Å². The highest BCUT2D eigenvalue weighted by Crippen LogP contribution is 2.52. The van der Waals surface area contributed by atoms with Crippen LogP contribution >= 0.6 is 0 Å². The maximum atomic E-state index is 12.9. The zero-order valence-corrected chi connectivity index (χ0v) is 13.0. The second-order valence-electron chi connectivity index (χ2n) is 6.33. The smallest absolute Gasteiger partial charge is 0.312 e. The van der Waals surface area contributed by atoms with Gasteiger partial charge in [0.2, 0.25) is 5.91 Å². The van der Waals surface area contributed by atoms with Gasteiger partial charge in [-0.2, -0.15) is 0 Å². The molecule has 0 saturated carbocycles. The minimum Gasteiger partial charge on any atom is -0.466 e. The van der Waals surface area contributed by atoms with Gasteiger partial charge in [-0.05, 0) is 12.5 Å². The largest absolute Gasteiger partial charge is 0.466 e. The highest BCUT2D eigenvalue weighted by atomic mass is 16.6. The van der Waals surface area contributed by atoms with Gasteiger partial charge in [-0.25, -0.2) is 0 Å². The predicted molar refractivity (Wildman–Crippen MR) is 82.2 cm³/mol. The SMILES string of the molecule is CCOC(=O)C1[C@H]2C(=O)N(Cc3ccccc3)C[C@]23C=C[C@H]1O3. The molecule has 3 aliphatic heterocycles. The van der Waals surface area contributed by atoms with E-state index in [4.69, 9.17) is 9.47 Å². The first-order valence-corrected chi connectivity index (χ1v) is 8.01. The molecule has 5 heteroatoms. The van der Waals surface area contributed by atoms with Gasteiger partial charge in [-0.15, -0.1) is 0 Å². The lowest BCUT2D eigenvalue weighted by Gasteiger charge is -2.22. The minimum atomic E-state index is -0.659. The third-order valence-corrected chi connectivity index (χ3v) is 4.95. The predicted octanol–water partition coefficient (Wildman–Crippen LogP) is 1.53. The van der Waals surface area contributed by atoms with Gasteiger partial charge in [-0.1, -0.05) is 42.5 Å². The zero-order chi connectivity index (χ0) is 16.0. The summed E-state index contributed by atoms with van der Waals surface area (Å²) in [5, 5.41) is 0. The van der Waals surface area contributed by atoms with Gasteiger partial charge >= 0.3 is 5.97 Å². The van der Waals surface area contributed by atoms with Crippen LogP contribution in [0.4, 0.5) is 0 Å². The van der Waals surface area contributed by atoms with Crippen molar-refractivity contribution in [1.29, 1.82) is 0 Å². The van der Waals surface area contributed by atoms with Crippen LogP contribution in [0.1, 0.15) is 12.5 Å². The van der Waals surface area contributed by atoms with Crippen LogP contribution in [0.5, 0.6) is 0 Å². The molecule has 3 heterocycles. The Morgan fingerprint density at radius 1 is 1.39 bits per heavy atom. The van der Waals surface area contributed by atoms with Crippen LogP contribution in [-0.2, 0) is 25.6 Å². The topological polar surface area (TPSA) is 55.8 Å². The van der Waals surface area contributed by atoms with Crippen molar-refractivity contribution >= 4 is 11.9 Å². The van der Waals surface area contributed by atoms with E-state index in [0.29, 0.717) is 19.7 Å². The number of ether oxygens (including phenoxy) is 2. The van der Waals surface area contributed by atoms with Crippen molar-refractivity contribution in [3.63, 3.8) is 0 Å². The van der Waals surface area contributed by atoms with Crippen LogP contribution in [-0.4, -0.2) is 41.6 Å². The van der Waals surface area contributed by atoms with Gasteiger partial charge in [0.25, 0.3) is 0 Å². The van der Waals surface area contributed by atoms with E-state index in [9.17, 15) is 9.59 Å². The van der Waals surface area contributed by atoms with E-state index >= 15 is 0 Å². The third kappa shape index (κ3) is 2.10. The number of carbonyl (C=O) groups excluding carboxylic acids is 2. The molecule has 1 unspecified atom stereocenters. The molecule has 1 aromatic rings. The van der Waals surface area contributed by atoms with Gasteiger partial charge in [0.1, 0.15) is 11.5 Å². The molecule has 1 aromatic carbocycles. The molecule has 23 heavy (non-hydrogen) atoms. The molecular weight excluding hydrogens is 294 g/mol. The molecule has 120 valence electrons. The zero-order valence-electron chi connectivity index (χ0n) is 13.0. The summed E-state index contributed by atoms with van der Waals surface area (Å²) in [6.07, 6.45) is 3.53. The van der Waals surface area contributed by atoms with E-state index in [-0.39, 0.29) is 18.0 Å². The Balaban J connectivity index is 1.60. The molecular formula is C18H19NO4. The van der Waals surface area contributed by atoms with Crippen molar-refractivity contribution < 1.29 is 19.1 Å². The molecule has 2 bridgehead atoms. The maximum Gasteiger partial charge on any atom is 0.312 e. The van der Waals surface area contributed by atoms with Gasteiger partial charge in [0, 0.05) is 6.54 Å². The van der Waals surface area contributed by atoms with Gasteiger partial charge in [-0.3, -0.25) is 9.59 Å². The Labute approximate surface area is 134 Å². The molecule has 2 fully saturated rings. The second kappa shape index (κ2) is 5.20. The van der Waals surface area contributed by atoms with Crippen LogP contribution in [0.3, 0.4) is 0 Å². The van der Waals surface area contributed by atoms with Crippen LogP contribution in [0.15, 0.2) is 42.5 Å². The van der Waals surface area contributed by atoms with Crippen molar-refractivity contribution in [2.75, 3.05) is 13.2 Å². The van der Waals surface area contributed by atoms with Gasteiger partial charge < -0.3 is 14.4 Å². The highest BCUT2D eigenvalue weighted by Gasteiger charge is 2.67. The molecule has 4 atom stereocenters. The average molecular weight is 313 g/mol. The molecule has 0 radical (unpaired) electrons. The number of nitrogens with zero attached hydrogens (tertiary/aromatic N) is 1. The molecule has 1 spiro atoms. The Morgan fingerprint density at radius 2 is 2.17 bits per heavy atom. The summed E-state index contributed by atoms with van der Waals surface area (Å²) in [6, 6.07) is 9.86. The Bertz CT molecular complexity index is 671. The van der Waals surface area contributed by atoms with E-state index in [0.717, 1.165) is 5.56 Å². The summed E-state index contributed by atoms with van der Waals surface area (Å²) < 4.78 is 11.2. The number of likely N-dealkylation sites (tertiary alicyclic amines) is 1. The van der Waals surface area contributed by atoms with Crippen molar-refractivity contribution in [1.82, 2.24) is 4.90 Å². The maximum absolute atomic E-state index is 12.9. The molecule has 3 aliphatic rings. The summed E-state index contributed by atoms with van der Waals surface area (Å²) in [7, 11) is 0. The van der Waals surface area contributed by atoms with E-state index in [2.05, 4.69) is 0 Å². The van der Waals surface area contributed by atoms with E-state index in [1.807, 2.05) is 42.5 Å². The van der Waals surface area contributed by atoms with E-state index < -0.39 is 17.4 Å². The quantitative estimate of drug-likeness (QED) is 0.625. The normalized spacial score (nSPS) is 34.0. The number of rotatable bonds is 4. The Morgan fingerprint density at radius 3 is 2.91 bits per heavy atom. The van der Waals surface area contributed by atoms with Gasteiger partial charge in [0.05, 0.1) is 25.2 Å². The molecule has 4 rings (SSSR count). The summed E-state index contributed by atoms with van der Waals surface area (Å²) in [5.41, 5.74) is 0.414. The summed E-state index contributed by atoms with van der Waals surface area (Å²) in [4.78, 5) is 27.0. The van der Waals surface area contributed by atoms with Crippen LogP contribution in [0, 0.1) is 11.8 Å². The highest BCUT2D eigenvalue weighted by molar-refractivity contribution is 5.91. The lowest BCUT2D eigenvalue weighted by Crippen LogP contribution is -2.39. The molecule has 0 aliphatic carbocycles. The lowest BCUT2D eigenvalue weighted by molar-refractivity contribution is -0.153. The molecule has 2 saturated heterocycles. The number of hydrogen-bond acceptors (Lipinski definition) is 4. The molecule has 0 N–H and O–H groups in total. The summed E-state index contributed by atoms with van der Waals surface area (Å²) in [5.74, 6) is -1.32. The molecule has 0 aromatic heterocycles. The van der Waals surface area contributed by atoms with Crippen molar-refractivity contribution in [3.05, 3.63) is 48.0 Å². The fourth-order valence-corrected chi connectivity index (χ4v) is 4.02. The fraction of sp³-hybridized carbons (Fsp3) is 0.444. The first-order valence-electron chi connectivity index (χ1n) is 8.01. The van der Waals surface area contributed by atoms with E-state index in [1.54, 1.807) is 11.8 Å². The number of fused-ring (bicyclic) bond motifs is 1. The van der Waals surface area contributed by atoms with Crippen LogP contribution < -0.4 is 0 Å². The molecule has 5 nitrogen and oxygen atoms in total. The standard InChI is InChI=1S/C18H19NO4/c1-2-22-17(21)14-13-8-9-18(23-13)11-19(16(20)15(14)18)10-12-6-4-3-5-7-12/h3-9,13-15H,2,10-11H2,1H3/t13-,14?,15+,18-/m1/s1. The Hall–Kier alpha value is -2.14. The second-order valence-corrected chi connectivity index (χ2v) is 6.33. The van der Waals surface area contributed by atoms with E-state index in [1.165, 1.54) is 0 Å². The number of benzene rings is 1. The number of hydrogen-bond donors (Lipinski definition) is 0. The number of carbonyl (C=O) groups is 2. The number of esters is 1. The number of amides is 1. The monoisotopic (exact) mass is 313 g/mol. The first-order chi connectivity index (χ1) is 11.1. The summed E-state index contributed by atoms with van der Waals surface area (Å²) in [6.45, 7) is 3.12. The van der Waals surface area contributed by atoms with Crippen molar-refractivity contribution in [2.24, 2.45) is 11.8 Å². The van der Waals surface area contributed by atoms with Crippen molar-refractivity contribution in [3.8, 4) is 0 Å². The average Bonchev–Trinajstić information content (AvgIpc) is 3.17. The summed E-state index contributed by atoms with van der Waals surface area (Å²) >= 11 is 0. The minimum absolute atomic E-state index is 0.0150. The van der Waals surface area contributed by atoms with Crippen molar-refractivity contribution in [2.45, 2.75) is 25.2 Å². The first kappa shape index (κ1) is 14.5. The lowest BCUT2D eigenvalue weighted by atomic mass is 9.77. The van der Waals surface area contributed by atoms with Crippen LogP contribution in [0.2, 0.25) is 0 Å². The fourth-order valence-electron chi connectivity index (χ4n) is 4.02. The van der Waals surface area contributed by atoms with Crippen LogP contribution in [0.25, 0.3) is 0 Å². The Kier molecular flexibility index (Phi) is 3.27. The third-order valence-electron chi connectivity index (χ3n) is 4.95.